The highest BCUT2D eigenvalue weighted by atomic mass is 35.5. The van der Waals surface area contributed by atoms with E-state index < -0.39 is 6.04 Å². The molecule has 66 valence electrons. The Morgan fingerprint density at radius 1 is 1.82 bits per heavy atom. The summed E-state index contributed by atoms with van der Waals surface area (Å²) in [6.45, 7) is 5.58. The summed E-state index contributed by atoms with van der Waals surface area (Å²) < 4.78 is 4.64. The minimum absolute atomic E-state index is 0. The van der Waals surface area contributed by atoms with Crippen molar-refractivity contribution in [3.63, 3.8) is 0 Å². The van der Waals surface area contributed by atoms with Crippen molar-refractivity contribution in [3.8, 4) is 0 Å². The summed E-state index contributed by atoms with van der Waals surface area (Å²) in [7, 11) is 0. The molecule has 0 radical (unpaired) electrons. The summed E-state index contributed by atoms with van der Waals surface area (Å²) in [4.78, 5) is 10.7. The molecule has 0 aromatic carbocycles. The van der Waals surface area contributed by atoms with Crippen LogP contribution in [-0.4, -0.2) is 18.6 Å². The van der Waals surface area contributed by atoms with Gasteiger partial charge < -0.3 is 10.5 Å². The first kappa shape index (κ1) is 13.1. The molecule has 0 rings (SSSR count). The van der Waals surface area contributed by atoms with Crippen molar-refractivity contribution in [2.24, 2.45) is 5.73 Å². The van der Waals surface area contributed by atoms with Gasteiger partial charge >= 0.3 is 5.97 Å². The molecule has 0 unspecified atom stereocenters. The molecule has 0 saturated carbocycles. The fraction of sp³-hybridized carbons (Fsp3) is 0.571. The van der Waals surface area contributed by atoms with E-state index in [1.54, 1.807) is 13.0 Å². The number of rotatable bonds is 4. The molecule has 2 N–H and O–H groups in total. The number of halogens is 1. The van der Waals surface area contributed by atoms with E-state index >= 15 is 0 Å². The summed E-state index contributed by atoms with van der Waals surface area (Å²) >= 11 is 0. The fourth-order valence-corrected chi connectivity index (χ4v) is 0.525. The summed E-state index contributed by atoms with van der Waals surface area (Å²) in [5.74, 6) is -0.359. The largest absolute Gasteiger partial charge is 0.465 e. The molecule has 0 saturated heterocycles. The third-order valence-corrected chi connectivity index (χ3v) is 1.01. The lowest BCUT2D eigenvalue weighted by molar-refractivity contribution is -0.144. The van der Waals surface area contributed by atoms with Crippen LogP contribution in [0.25, 0.3) is 0 Å². The molecule has 4 heteroatoms. The van der Waals surface area contributed by atoms with Crippen LogP contribution >= 0.6 is 12.4 Å². The Labute approximate surface area is 73.0 Å². The third-order valence-electron chi connectivity index (χ3n) is 1.01. The maximum absolute atomic E-state index is 10.7. The highest BCUT2D eigenvalue weighted by Gasteiger charge is 2.11. The van der Waals surface area contributed by atoms with E-state index in [1.807, 2.05) is 0 Å². The number of nitrogens with two attached hydrogens (primary N) is 1. The van der Waals surface area contributed by atoms with E-state index in [4.69, 9.17) is 5.73 Å². The molecule has 0 fully saturated rings. The van der Waals surface area contributed by atoms with E-state index in [2.05, 4.69) is 11.3 Å². The lowest BCUT2D eigenvalue weighted by Gasteiger charge is -2.06. The highest BCUT2D eigenvalue weighted by molar-refractivity contribution is 5.85. The van der Waals surface area contributed by atoms with Crippen molar-refractivity contribution in [3.05, 3.63) is 12.7 Å². The van der Waals surface area contributed by atoms with E-state index in [9.17, 15) is 4.79 Å². The molecule has 0 aliphatic rings. The van der Waals surface area contributed by atoms with Crippen LogP contribution in [0.15, 0.2) is 12.7 Å². The first-order chi connectivity index (χ1) is 4.72. The van der Waals surface area contributed by atoms with Crippen LogP contribution in [0.3, 0.4) is 0 Å². The lowest BCUT2D eigenvalue weighted by atomic mass is 10.2. The Balaban J connectivity index is 0. The average Bonchev–Trinajstić information content (AvgIpc) is 1.89. The van der Waals surface area contributed by atoms with Crippen LogP contribution < -0.4 is 5.73 Å². The molecule has 0 aliphatic heterocycles. The molecule has 0 aliphatic carbocycles. The van der Waals surface area contributed by atoms with E-state index in [0.29, 0.717) is 13.0 Å². The van der Waals surface area contributed by atoms with Gasteiger partial charge in [0.2, 0.25) is 0 Å². The number of carbonyl (C=O) groups excluding carboxylic acids is 1. The molecule has 11 heavy (non-hydrogen) atoms. The minimum Gasteiger partial charge on any atom is -0.465 e. The number of hydrogen-bond acceptors (Lipinski definition) is 3. The quantitative estimate of drug-likeness (QED) is 0.515. The van der Waals surface area contributed by atoms with E-state index in [0.717, 1.165) is 0 Å². The van der Waals surface area contributed by atoms with Gasteiger partial charge in [0.1, 0.15) is 6.04 Å². The van der Waals surface area contributed by atoms with Crippen LogP contribution in [0.5, 0.6) is 0 Å². The Morgan fingerprint density at radius 3 is 2.73 bits per heavy atom. The molecule has 0 amide bonds. The number of carbonyl (C=O) groups is 1. The molecule has 0 aromatic rings. The van der Waals surface area contributed by atoms with Gasteiger partial charge in [0.25, 0.3) is 0 Å². The van der Waals surface area contributed by atoms with Crippen LogP contribution in [0.1, 0.15) is 13.3 Å². The third kappa shape index (κ3) is 5.88. The molecular formula is C7H14ClNO2. The monoisotopic (exact) mass is 179 g/mol. The zero-order valence-electron chi connectivity index (χ0n) is 6.58. The molecule has 0 heterocycles. The summed E-state index contributed by atoms with van der Waals surface area (Å²) in [6, 6.07) is -0.544. The first-order valence-electron chi connectivity index (χ1n) is 3.25. The summed E-state index contributed by atoms with van der Waals surface area (Å²) in [5, 5.41) is 0. The number of hydrogen-bond donors (Lipinski definition) is 1. The van der Waals surface area contributed by atoms with Gasteiger partial charge in [-0.3, -0.25) is 4.79 Å². The van der Waals surface area contributed by atoms with Gasteiger partial charge in [-0.2, -0.15) is 0 Å². The van der Waals surface area contributed by atoms with Crippen molar-refractivity contribution in [2.45, 2.75) is 19.4 Å². The van der Waals surface area contributed by atoms with Gasteiger partial charge in [0, 0.05) is 0 Å². The SMILES string of the molecule is C=CC[C@@H](N)C(=O)OCC.Cl. The Bertz CT molecular complexity index is 128. The van der Waals surface area contributed by atoms with Crippen LogP contribution in [-0.2, 0) is 9.53 Å². The predicted molar refractivity (Wildman–Crippen MR) is 46.7 cm³/mol. The van der Waals surface area contributed by atoms with Gasteiger partial charge in [-0.15, -0.1) is 19.0 Å². The molecular weight excluding hydrogens is 166 g/mol. The molecule has 1 atom stereocenters. The zero-order valence-corrected chi connectivity index (χ0v) is 7.39. The molecule has 3 nitrogen and oxygen atoms in total. The maximum Gasteiger partial charge on any atom is 0.323 e. The topological polar surface area (TPSA) is 52.3 Å². The lowest BCUT2D eigenvalue weighted by Crippen LogP contribution is -2.31. The zero-order chi connectivity index (χ0) is 7.98. The van der Waals surface area contributed by atoms with E-state index in [1.165, 1.54) is 0 Å². The van der Waals surface area contributed by atoms with Gasteiger partial charge in [-0.05, 0) is 13.3 Å². The second kappa shape index (κ2) is 7.57. The molecule has 0 spiro atoms. The average molecular weight is 180 g/mol. The minimum atomic E-state index is -0.544. The van der Waals surface area contributed by atoms with Gasteiger partial charge in [-0.25, -0.2) is 0 Å². The first-order valence-corrected chi connectivity index (χ1v) is 3.25. The van der Waals surface area contributed by atoms with E-state index in [-0.39, 0.29) is 18.4 Å². The van der Waals surface area contributed by atoms with Crippen LogP contribution in [0.4, 0.5) is 0 Å². The molecule has 0 aromatic heterocycles. The van der Waals surface area contributed by atoms with Crippen molar-refractivity contribution >= 4 is 18.4 Å². The number of ether oxygens (including phenoxy) is 1. The van der Waals surface area contributed by atoms with Gasteiger partial charge in [-0.1, -0.05) is 6.08 Å². The second-order valence-electron chi connectivity index (χ2n) is 1.88. The van der Waals surface area contributed by atoms with Crippen molar-refractivity contribution in [1.82, 2.24) is 0 Å². The van der Waals surface area contributed by atoms with Crippen molar-refractivity contribution < 1.29 is 9.53 Å². The Morgan fingerprint density at radius 2 is 2.36 bits per heavy atom. The normalized spacial score (nSPS) is 11.1. The molecule has 0 bridgehead atoms. The smallest absolute Gasteiger partial charge is 0.323 e. The van der Waals surface area contributed by atoms with Gasteiger partial charge in [0.15, 0.2) is 0 Å². The summed E-state index contributed by atoms with van der Waals surface area (Å²) in [5.41, 5.74) is 5.37. The van der Waals surface area contributed by atoms with Crippen molar-refractivity contribution in [1.29, 1.82) is 0 Å². The predicted octanol–water partition coefficient (Wildman–Crippen LogP) is 0.875. The second-order valence-corrected chi connectivity index (χ2v) is 1.88. The van der Waals surface area contributed by atoms with Crippen LogP contribution in [0.2, 0.25) is 0 Å². The Kier molecular flexibility index (Phi) is 9.00. The maximum atomic E-state index is 10.7. The number of esters is 1. The van der Waals surface area contributed by atoms with Crippen LogP contribution in [0, 0.1) is 0 Å². The summed E-state index contributed by atoms with van der Waals surface area (Å²) in [6.07, 6.45) is 2.07. The fourth-order valence-electron chi connectivity index (χ4n) is 0.525. The highest BCUT2D eigenvalue weighted by Crippen LogP contribution is 1.91. The standard InChI is InChI=1S/C7H13NO2.ClH/c1-3-5-6(8)7(9)10-4-2;/h3,6H,1,4-5,8H2,2H3;1H/t6-;/m1./s1. The van der Waals surface area contributed by atoms with Crippen molar-refractivity contribution in [2.75, 3.05) is 6.61 Å². The Hall–Kier alpha value is -0.540. The van der Waals surface area contributed by atoms with Gasteiger partial charge in [0.05, 0.1) is 6.61 Å².